The molecule has 106 valence electrons. The Kier molecular flexibility index (Phi) is 3.35. The van der Waals surface area contributed by atoms with Gasteiger partial charge >= 0.3 is 0 Å². The average molecular weight is 295 g/mol. The summed E-state index contributed by atoms with van der Waals surface area (Å²) in [6, 6.07) is 1.60. The Morgan fingerprint density at radius 1 is 1.55 bits per heavy atom. The van der Waals surface area contributed by atoms with Crippen LogP contribution in [0.3, 0.4) is 0 Å². The van der Waals surface area contributed by atoms with Crippen LogP contribution in [-0.2, 0) is 7.05 Å². The highest BCUT2D eigenvalue weighted by atomic mass is 35.5. The highest BCUT2D eigenvalue weighted by Crippen LogP contribution is 2.28. The van der Waals surface area contributed by atoms with E-state index in [2.05, 4.69) is 9.97 Å². The van der Waals surface area contributed by atoms with E-state index in [0.717, 1.165) is 13.0 Å². The maximum absolute atomic E-state index is 12.3. The fourth-order valence-electron chi connectivity index (χ4n) is 2.58. The molecule has 1 atom stereocenters. The molecule has 1 aliphatic rings. The van der Waals surface area contributed by atoms with E-state index < -0.39 is 0 Å². The Labute approximate surface area is 120 Å². The van der Waals surface area contributed by atoms with Gasteiger partial charge in [0.2, 0.25) is 0 Å². The Hall–Kier alpha value is -1.66. The molecule has 2 aromatic rings. The first-order chi connectivity index (χ1) is 9.60. The van der Waals surface area contributed by atoms with Crippen molar-refractivity contribution >= 4 is 28.3 Å². The first-order valence-corrected chi connectivity index (χ1v) is 6.85. The summed E-state index contributed by atoms with van der Waals surface area (Å²) in [5, 5.41) is 10.1. The minimum atomic E-state index is -0.137. The molecule has 1 N–H and O–H groups in total. The first kappa shape index (κ1) is 13.3. The zero-order valence-electron chi connectivity index (χ0n) is 11.1. The van der Waals surface area contributed by atoms with E-state index in [1.165, 1.54) is 10.9 Å². The topological polar surface area (TPSA) is 71.2 Å². The van der Waals surface area contributed by atoms with Gasteiger partial charge in [0, 0.05) is 38.7 Å². The van der Waals surface area contributed by atoms with Gasteiger partial charge < -0.3 is 14.6 Å². The monoisotopic (exact) mass is 294 g/mol. The van der Waals surface area contributed by atoms with Gasteiger partial charge in [-0.05, 0) is 6.42 Å². The number of pyridine rings is 1. The van der Waals surface area contributed by atoms with Gasteiger partial charge in [0.1, 0.15) is 16.4 Å². The van der Waals surface area contributed by atoms with Crippen molar-refractivity contribution in [2.45, 2.75) is 6.42 Å². The quantitative estimate of drug-likeness (QED) is 0.830. The van der Waals surface area contributed by atoms with Gasteiger partial charge in [-0.25, -0.2) is 9.97 Å². The van der Waals surface area contributed by atoms with E-state index >= 15 is 0 Å². The van der Waals surface area contributed by atoms with Gasteiger partial charge in [0.25, 0.3) is 5.56 Å². The van der Waals surface area contributed by atoms with Crippen LogP contribution in [0.4, 0.5) is 5.82 Å². The molecule has 0 unspecified atom stereocenters. The van der Waals surface area contributed by atoms with E-state index in [-0.39, 0.29) is 18.1 Å². The Morgan fingerprint density at radius 2 is 2.35 bits per heavy atom. The lowest BCUT2D eigenvalue weighted by atomic mass is 10.1. The molecule has 20 heavy (non-hydrogen) atoms. The van der Waals surface area contributed by atoms with E-state index in [1.54, 1.807) is 13.1 Å². The summed E-state index contributed by atoms with van der Waals surface area (Å²) < 4.78 is 1.43. The van der Waals surface area contributed by atoms with E-state index in [4.69, 9.17) is 11.6 Å². The molecule has 3 heterocycles. The fraction of sp³-hybridized carbons (Fsp3) is 0.462. The largest absolute Gasteiger partial charge is 0.396 e. The molecular formula is C13H15ClN4O2. The second-order valence-electron chi connectivity index (χ2n) is 5.11. The highest BCUT2D eigenvalue weighted by Gasteiger charge is 2.25. The van der Waals surface area contributed by atoms with Crippen LogP contribution in [0.1, 0.15) is 6.42 Å². The number of aliphatic hydroxyl groups excluding tert-OH is 1. The van der Waals surface area contributed by atoms with Crippen LogP contribution in [0.2, 0.25) is 5.15 Å². The van der Waals surface area contributed by atoms with Crippen LogP contribution >= 0.6 is 11.6 Å². The summed E-state index contributed by atoms with van der Waals surface area (Å²) in [5.41, 5.74) is 0.414. The number of hydrogen-bond acceptors (Lipinski definition) is 5. The third-order valence-corrected chi connectivity index (χ3v) is 3.89. The number of halogens is 1. The fourth-order valence-corrected chi connectivity index (χ4v) is 2.76. The molecule has 0 spiro atoms. The van der Waals surface area contributed by atoms with Gasteiger partial charge in [0.05, 0.1) is 11.8 Å². The van der Waals surface area contributed by atoms with E-state index in [0.29, 0.717) is 28.4 Å². The van der Waals surface area contributed by atoms with Crippen molar-refractivity contribution in [2.24, 2.45) is 13.0 Å². The zero-order valence-corrected chi connectivity index (χ0v) is 11.8. The molecule has 0 amide bonds. The lowest BCUT2D eigenvalue weighted by Gasteiger charge is -2.19. The third-order valence-electron chi connectivity index (χ3n) is 3.70. The van der Waals surface area contributed by atoms with Gasteiger partial charge in [-0.3, -0.25) is 4.79 Å². The number of aliphatic hydroxyl groups is 1. The number of fused-ring (bicyclic) bond motifs is 1. The van der Waals surface area contributed by atoms with Crippen LogP contribution in [-0.4, -0.2) is 39.3 Å². The maximum atomic E-state index is 12.3. The lowest BCUT2D eigenvalue weighted by molar-refractivity contribution is 0.238. The third kappa shape index (κ3) is 2.14. The Balaban J connectivity index is 2.19. The molecule has 3 rings (SSSR count). The van der Waals surface area contributed by atoms with Crippen molar-refractivity contribution in [3.63, 3.8) is 0 Å². The zero-order chi connectivity index (χ0) is 14.3. The molecule has 6 nitrogen and oxygen atoms in total. The maximum Gasteiger partial charge on any atom is 0.264 e. The number of anilines is 1. The SMILES string of the molecule is Cn1cnc2cc(Cl)nc(N3CC[C@H](CO)C3)c2c1=O. The highest BCUT2D eigenvalue weighted by molar-refractivity contribution is 6.30. The predicted molar refractivity (Wildman–Crippen MR) is 77.2 cm³/mol. The lowest BCUT2D eigenvalue weighted by Crippen LogP contribution is -2.26. The van der Waals surface area contributed by atoms with Crippen LogP contribution in [0.25, 0.3) is 10.9 Å². The molecule has 0 aliphatic carbocycles. The molecule has 0 bridgehead atoms. The second-order valence-corrected chi connectivity index (χ2v) is 5.49. The molecular weight excluding hydrogens is 280 g/mol. The van der Waals surface area contributed by atoms with Gasteiger partial charge in [-0.15, -0.1) is 0 Å². The molecule has 0 saturated carbocycles. The number of nitrogens with zero attached hydrogens (tertiary/aromatic N) is 4. The van der Waals surface area contributed by atoms with E-state index in [9.17, 15) is 9.90 Å². The molecule has 0 aromatic carbocycles. The molecule has 1 saturated heterocycles. The van der Waals surface area contributed by atoms with Crippen molar-refractivity contribution in [1.82, 2.24) is 14.5 Å². The standard InChI is InChI=1S/C13H15ClN4O2/c1-17-7-15-9-4-10(14)16-12(11(9)13(17)20)18-3-2-8(5-18)6-19/h4,7-8,19H,2-3,5-6H2,1H3/t8-/m0/s1. The van der Waals surface area contributed by atoms with Crippen molar-refractivity contribution in [3.8, 4) is 0 Å². The van der Waals surface area contributed by atoms with Crippen molar-refractivity contribution in [1.29, 1.82) is 0 Å². The van der Waals surface area contributed by atoms with Gasteiger partial charge in [-0.2, -0.15) is 0 Å². The van der Waals surface area contributed by atoms with Gasteiger partial charge in [-0.1, -0.05) is 11.6 Å². The van der Waals surface area contributed by atoms with E-state index in [1.807, 2.05) is 4.90 Å². The van der Waals surface area contributed by atoms with Crippen molar-refractivity contribution in [3.05, 3.63) is 27.9 Å². The normalized spacial score (nSPS) is 18.9. The van der Waals surface area contributed by atoms with Crippen LogP contribution in [0.15, 0.2) is 17.2 Å². The summed E-state index contributed by atoms with van der Waals surface area (Å²) >= 11 is 6.03. The Bertz CT molecular complexity index is 715. The van der Waals surface area contributed by atoms with Crippen molar-refractivity contribution in [2.75, 3.05) is 24.6 Å². The summed E-state index contributed by atoms with van der Waals surface area (Å²) in [5.74, 6) is 0.781. The second kappa shape index (κ2) is 5.03. The number of aromatic nitrogens is 3. The molecule has 7 heteroatoms. The molecule has 1 fully saturated rings. The molecule has 1 aliphatic heterocycles. The number of aryl methyl sites for hydroxylation is 1. The number of rotatable bonds is 2. The van der Waals surface area contributed by atoms with Crippen LogP contribution < -0.4 is 10.5 Å². The Morgan fingerprint density at radius 3 is 3.05 bits per heavy atom. The summed E-state index contributed by atoms with van der Waals surface area (Å²) in [6.07, 6.45) is 2.36. The van der Waals surface area contributed by atoms with Gasteiger partial charge in [0.15, 0.2) is 0 Å². The molecule has 2 aromatic heterocycles. The van der Waals surface area contributed by atoms with Crippen LogP contribution in [0, 0.1) is 5.92 Å². The smallest absolute Gasteiger partial charge is 0.264 e. The average Bonchev–Trinajstić information content (AvgIpc) is 2.91. The first-order valence-electron chi connectivity index (χ1n) is 6.48. The van der Waals surface area contributed by atoms with Crippen molar-refractivity contribution < 1.29 is 5.11 Å². The minimum absolute atomic E-state index is 0.137. The minimum Gasteiger partial charge on any atom is -0.396 e. The summed E-state index contributed by atoms with van der Waals surface area (Å²) in [4.78, 5) is 22.9. The number of hydrogen-bond donors (Lipinski definition) is 1. The summed E-state index contributed by atoms with van der Waals surface area (Å²) in [7, 11) is 1.66. The molecule has 0 radical (unpaired) electrons. The summed E-state index contributed by atoms with van der Waals surface area (Å²) in [6.45, 7) is 1.58. The predicted octanol–water partition coefficient (Wildman–Crippen LogP) is 0.800. The van der Waals surface area contributed by atoms with Crippen LogP contribution in [0.5, 0.6) is 0 Å².